The molecule has 1 unspecified atom stereocenters. The van der Waals surface area contributed by atoms with E-state index in [2.05, 4.69) is 10.4 Å². The number of nitriles is 1. The number of nitrogens with zero attached hydrogens (tertiary/aromatic N) is 3. The molecule has 152 valence electrons. The number of amides is 1. The van der Waals surface area contributed by atoms with Crippen LogP contribution in [0.25, 0.3) is 0 Å². The lowest BCUT2D eigenvalue weighted by atomic mass is 10.0. The molecule has 0 fully saturated rings. The number of ether oxygens (including phenoxy) is 1. The molecule has 1 amide bonds. The van der Waals surface area contributed by atoms with Crippen molar-refractivity contribution in [2.45, 2.75) is 13.5 Å². The van der Waals surface area contributed by atoms with Gasteiger partial charge in [0.15, 0.2) is 11.7 Å². The fraction of sp³-hybridized carbons (Fsp3) is 0.182. The van der Waals surface area contributed by atoms with Crippen LogP contribution < -0.4 is 10.1 Å². The number of aromatic nitrogens is 2. The van der Waals surface area contributed by atoms with E-state index >= 15 is 0 Å². The van der Waals surface area contributed by atoms with Gasteiger partial charge in [-0.3, -0.25) is 14.3 Å². The third-order valence-corrected chi connectivity index (χ3v) is 4.67. The highest BCUT2D eigenvalue weighted by molar-refractivity contribution is 6.31. The highest BCUT2D eigenvalue weighted by Gasteiger charge is 2.29. The lowest BCUT2D eigenvalue weighted by molar-refractivity contribution is -0.117. The van der Waals surface area contributed by atoms with Crippen molar-refractivity contribution in [3.63, 3.8) is 0 Å². The van der Waals surface area contributed by atoms with Crippen molar-refractivity contribution < 1.29 is 14.3 Å². The van der Waals surface area contributed by atoms with Gasteiger partial charge in [-0.25, -0.2) is 0 Å². The molecule has 2 aromatic carbocycles. The molecule has 0 saturated heterocycles. The van der Waals surface area contributed by atoms with Crippen molar-refractivity contribution in [1.82, 2.24) is 9.78 Å². The van der Waals surface area contributed by atoms with E-state index in [-0.39, 0.29) is 5.56 Å². The lowest BCUT2D eigenvalue weighted by Crippen LogP contribution is -2.28. The third kappa shape index (κ3) is 4.85. The molecule has 0 aliphatic heterocycles. The molecule has 0 bridgehead atoms. The number of halogens is 1. The van der Waals surface area contributed by atoms with Crippen LogP contribution in [0.3, 0.4) is 0 Å². The van der Waals surface area contributed by atoms with Crippen LogP contribution in [0.2, 0.25) is 5.02 Å². The molecule has 1 aromatic heterocycles. The van der Waals surface area contributed by atoms with Crippen molar-refractivity contribution in [2.24, 2.45) is 5.92 Å². The minimum absolute atomic E-state index is 0.168. The number of benzene rings is 2. The van der Waals surface area contributed by atoms with Gasteiger partial charge in [0.2, 0.25) is 5.91 Å². The van der Waals surface area contributed by atoms with Gasteiger partial charge in [0.05, 0.1) is 36.7 Å². The summed E-state index contributed by atoms with van der Waals surface area (Å²) in [5.41, 5.74) is 1.40. The van der Waals surface area contributed by atoms with Gasteiger partial charge in [-0.05, 0) is 30.7 Å². The highest BCUT2D eigenvalue weighted by Crippen LogP contribution is 2.24. The normalized spacial score (nSPS) is 11.4. The first-order valence-corrected chi connectivity index (χ1v) is 9.63. The SMILES string of the molecule is CCOc1ccccc1NC(=O)C(C#N)C(=O)c1cnn(Cc2ccccc2Cl)c1. The van der Waals surface area contributed by atoms with Crippen molar-refractivity contribution in [1.29, 1.82) is 5.26 Å². The molecule has 0 saturated carbocycles. The first-order chi connectivity index (χ1) is 14.5. The summed E-state index contributed by atoms with van der Waals surface area (Å²) in [6.07, 6.45) is 2.84. The maximum Gasteiger partial charge on any atom is 0.249 e. The van der Waals surface area contributed by atoms with Crippen molar-refractivity contribution in [2.75, 3.05) is 11.9 Å². The van der Waals surface area contributed by atoms with E-state index in [1.165, 1.54) is 17.1 Å². The van der Waals surface area contributed by atoms with Crippen molar-refractivity contribution >= 4 is 29.0 Å². The Morgan fingerprint density at radius 1 is 1.23 bits per heavy atom. The number of nitrogens with one attached hydrogen (secondary N) is 1. The van der Waals surface area contributed by atoms with Crippen LogP contribution in [0.4, 0.5) is 5.69 Å². The van der Waals surface area contributed by atoms with E-state index in [1.807, 2.05) is 25.1 Å². The summed E-state index contributed by atoms with van der Waals surface area (Å²) in [6.45, 7) is 2.59. The third-order valence-electron chi connectivity index (χ3n) is 4.31. The summed E-state index contributed by atoms with van der Waals surface area (Å²) in [5.74, 6) is -2.41. The number of Topliss-reactive ketones (excluding diaryl/α,β-unsaturated/α-hetero) is 1. The summed E-state index contributed by atoms with van der Waals surface area (Å²) < 4.78 is 6.99. The summed E-state index contributed by atoms with van der Waals surface area (Å²) in [4.78, 5) is 25.4. The molecule has 0 aliphatic rings. The molecule has 1 N–H and O–H groups in total. The van der Waals surface area contributed by atoms with Crippen LogP contribution in [0.5, 0.6) is 5.75 Å². The van der Waals surface area contributed by atoms with Crippen LogP contribution in [0, 0.1) is 17.2 Å². The molecular formula is C22H19ClN4O3. The van der Waals surface area contributed by atoms with E-state index in [4.69, 9.17) is 16.3 Å². The number of para-hydroxylation sites is 2. The zero-order chi connectivity index (χ0) is 21.5. The summed E-state index contributed by atoms with van der Waals surface area (Å²) >= 11 is 6.16. The first-order valence-electron chi connectivity index (χ1n) is 9.25. The quantitative estimate of drug-likeness (QED) is 0.438. The second-order valence-corrected chi connectivity index (χ2v) is 6.77. The number of hydrogen-bond donors (Lipinski definition) is 1. The molecular weight excluding hydrogens is 404 g/mol. The van der Waals surface area contributed by atoms with Crippen LogP contribution in [-0.2, 0) is 11.3 Å². The second kappa shape index (κ2) is 9.72. The molecule has 0 spiro atoms. The van der Waals surface area contributed by atoms with E-state index in [0.29, 0.717) is 29.6 Å². The minimum Gasteiger partial charge on any atom is -0.492 e. The predicted octanol–water partition coefficient (Wildman–Crippen LogP) is 3.94. The van der Waals surface area contributed by atoms with E-state index < -0.39 is 17.6 Å². The minimum atomic E-state index is -1.52. The Balaban J connectivity index is 1.74. The number of anilines is 1. The molecule has 1 heterocycles. The largest absolute Gasteiger partial charge is 0.492 e. The zero-order valence-corrected chi connectivity index (χ0v) is 17.0. The van der Waals surface area contributed by atoms with Crippen molar-refractivity contribution in [3.8, 4) is 11.8 Å². The molecule has 3 aromatic rings. The Morgan fingerprint density at radius 2 is 1.97 bits per heavy atom. The number of ketones is 1. The summed E-state index contributed by atoms with van der Waals surface area (Å²) in [7, 11) is 0. The molecule has 30 heavy (non-hydrogen) atoms. The average molecular weight is 423 g/mol. The number of hydrogen-bond acceptors (Lipinski definition) is 5. The molecule has 3 rings (SSSR count). The standard InChI is InChI=1S/C22H19ClN4O3/c1-2-30-20-10-6-5-9-19(20)26-22(29)17(11-24)21(28)16-12-25-27(14-16)13-15-7-3-4-8-18(15)23/h3-10,12,14,17H,2,13H2,1H3,(H,26,29). The predicted molar refractivity (Wildman–Crippen MR) is 112 cm³/mol. The molecule has 8 heteroatoms. The van der Waals surface area contributed by atoms with Gasteiger partial charge in [0.25, 0.3) is 0 Å². The Labute approximate surface area is 178 Å². The Bertz CT molecular complexity index is 1100. The summed E-state index contributed by atoms with van der Waals surface area (Å²) in [5, 5.41) is 16.8. The van der Waals surface area contributed by atoms with Crippen LogP contribution in [0.15, 0.2) is 60.9 Å². The lowest BCUT2D eigenvalue weighted by Gasteiger charge is -2.12. The van der Waals surface area contributed by atoms with Gasteiger partial charge < -0.3 is 10.1 Å². The number of rotatable bonds is 8. The van der Waals surface area contributed by atoms with Gasteiger partial charge in [-0.1, -0.05) is 41.9 Å². The monoisotopic (exact) mass is 422 g/mol. The van der Waals surface area contributed by atoms with Crippen molar-refractivity contribution in [3.05, 3.63) is 77.1 Å². The topological polar surface area (TPSA) is 97.0 Å². The van der Waals surface area contributed by atoms with Gasteiger partial charge in [-0.15, -0.1) is 0 Å². The summed E-state index contributed by atoms with van der Waals surface area (Å²) in [6, 6.07) is 15.9. The van der Waals surface area contributed by atoms with Gasteiger partial charge >= 0.3 is 0 Å². The fourth-order valence-electron chi connectivity index (χ4n) is 2.84. The van der Waals surface area contributed by atoms with E-state index in [9.17, 15) is 14.9 Å². The van der Waals surface area contributed by atoms with E-state index in [0.717, 1.165) is 5.56 Å². The number of carbonyl (C=O) groups is 2. The maximum absolute atomic E-state index is 12.8. The Morgan fingerprint density at radius 3 is 2.70 bits per heavy atom. The Kier molecular flexibility index (Phi) is 6.83. The first kappa shape index (κ1) is 21.1. The Hall–Kier alpha value is -3.63. The van der Waals surface area contributed by atoms with Crippen LogP contribution in [-0.4, -0.2) is 28.1 Å². The van der Waals surface area contributed by atoms with Gasteiger partial charge in [0, 0.05) is 11.2 Å². The van der Waals surface area contributed by atoms with Gasteiger partial charge in [0.1, 0.15) is 5.75 Å². The zero-order valence-electron chi connectivity index (χ0n) is 16.2. The van der Waals surface area contributed by atoms with Crippen LogP contribution in [0.1, 0.15) is 22.8 Å². The number of carbonyl (C=O) groups excluding carboxylic acids is 2. The van der Waals surface area contributed by atoms with Crippen LogP contribution >= 0.6 is 11.6 Å². The molecule has 0 aliphatic carbocycles. The average Bonchev–Trinajstić information content (AvgIpc) is 3.20. The smallest absolute Gasteiger partial charge is 0.249 e. The van der Waals surface area contributed by atoms with E-state index in [1.54, 1.807) is 36.4 Å². The fourth-order valence-corrected chi connectivity index (χ4v) is 3.03. The van der Waals surface area contributed by atoms with Gasteiger partial charge in [-0.2, -0.15) is 10.4 Å². The molecule has 1 atom stereocenters. The highest BCUT2D eigenvalue weighted by atomic mass is 35.5. The maximum atomic E-state index is 12.8. The molecule has 7 nitrogen and oxygen atoms in total. The molecule has 0 radical (unpaired) electrons. The second-order valence-electron chi connectivity index (χ2n) is 6.36.